The molecule has 0 fully saturated rings. The van der Waals surface area contributed by atoms with Crippen molar-refractivity contribution < 1.29 is 4.79 Å². The molecule has 23 heavy (non-hydrogen) atoms. The number of carbonyl (C=O) groups excluding carboxylic acids is 1. The molecular weight excluding hydrogens is 356 g/mol. The molecular formula is C17H13BrN4O. The van der Waals surface area contributed by atoms with Crippen LogP contribution in [0.3, 0.4) is 0 Å². The van der Waals surface area contributed by atoms with E-state index in [1.165, 1.54) is 0 Å². The Kier molecular flexibility index (Phi) is 3.46. The highest BCUT2D eigenvalue weighted by molar-refractivity contribution is 9.10. The first-order valence-corrected chi connectivity index (χ1v) is 8.04. The van der Waals surface area contributed by atoms with Gasteiger partial charge in [0, 0.05) is 16.6 Å². The van der Waals surface area contributed by atoms with Gasteiger partial charge < -0.3 is 4.90 Å². The first kappa shape index (κ1) is 14.1. The van der Waals surface area contributed by atoms with Gasteiger partial charge in [-0.25, -0.2) is 4.68 Å². The van der Waals surface area contributed by atoms with E-state index >= 15 is 0 Å². The molecule has 5 nitrogen and oxygen atoms in total. The summed E-state index contributed by atoms with van der Waals surface area (Å²) in [6, 6.07) is 15.3. The monoisotopic (exact) mass is 368 g/mol. The molecule has 0 saturated carbocycles. The van der Waals surface area contributed by atoms with Gasteiger partial charge in [-0.2, -0.15) is 0 Å². The van der Waals surface area contributed by atoms with Crippen LogP contribution in [-0.2, 0) is 13.1 Å². The zero-order valence-electron chi connectivity index (χ0n) is 12.2. The van der Waals surface area contributed by atoms with E-state index in [0.29, 0.717) is 18.7 Å². The number of aromatic nitrogens is 3. The lowest BCUT2D eigenvalue weighted by Gasteiger charge is -2.20. The van der Waals surface area contributed by atoms with Crippen LogP contribution in [-0.4, -0.2) is 25.8 Å². The largest absolute Gasteiger partial charge is 0.328 e. The number of hydrogen-bond acceptors (Lipinski definition) is 3. The number of halogens is 1. The van der Waals surface area contributed by atoms with E-state index in [-0.39, 0.29) is 5.91 Å². The predicted molar refractivity (Wildman–Crippen MR) is 89.1 cm³/mol. The Bertz CT molecular complexity index is 875. The lowest BCUT2D eigenvalue weighted by Crippen LogP contribution is -2.29. The fourth-order valence-electron chi connectivity index (χ4n) is 2.82. The van der Waals surface area contributed by atoms with Crippen molar-refractivity contribution in [2.24, 2.45) is 0 Å². The van der Waals surface area contributed by atoms with Gasteiger partial charge in [0.15, 0.2) is 0 Å². The zero-order chi connectivity index (χ0) is 15.8. The summed E-state index contributed by atoms with van der Waals surface area (Å²) < 4.78 is 2.78. The summed E-state index contributed by atoms with van der Waals surface area (Å²) >= 11 is 3.50. The molecule has 0 unspecified atom stereocenters. The Morgan fingerprint density at radius 1 is 1.09 bits per heavy atom. The van der Waals surface area contributed by atoms with E-state index in [1.807, 2.05) is 53.4 Å². The number of carbonyl (C=O) groups is 1. The highest BCUT2D eigenvalue weighted by Crippen LogP contribution is 2.27. The summed E-state index contributed by atoms with van der Waals surface area (Å²) in [5.41, 5.74) is 3.58. The lowest BCUT2D eigenvalue weighted by atomic mass is 10.1. The van der Waals surface area contributed by atoms with Crippen LogP contribution in [0.1, 0.15) is 21.6 Å². The highest BCUT2D eigenvalue weighted by Gasteiger charge is 2.24. The second-order valence-corrected chi connectivity index (χ2v) is 6.35. The molecule has 0 atom stereocenters. The molecule has 2 aromatic carbocycles. The zero-order valence-corrected chi connectivity index (χ0v) is 13.8. The minimum absolute atomic E-state index is 0.00572. The van der Waals surface area contributed by atoms with E-state index in [0.717, 1.165) is 21.4 Å². The third kappa shape index (κ3) is 2.55. The number of hydrogen-bond donors (Lipinski definition) is 0. The van der Waals surface area contributed by atoms with Crippen LogP contribution < -0.4 is 0 Å². The smallest absolute Gasteiger partial charge is 0.254 e. The van der Waals surface area contributed by atoms with Crippen molar-refractivity contribution in [3.05, 3.63) is 76.0 Å². The molecule has 0 saturated heterocycles. The van der Waals surface area contributed by atoms with Crippen LogP contribution in [0.2, 0.25) is 0 Å². The van der Waals surface area contributed by atoms with Crippen molar-refractivity contribution in [3.63, 3.8) is 0 Å². The van der Waals surface area contributed by atoms with Gasteiger partial charge in [-0.05, 0) is 35.9 Å². The van der Waals surface area contributed by atoms with Crippen molar-refractivity contribution in [2.75, 3.05) is 0 Å². The second-order valence-electron chi connectivity index (χ2n) is 5.44. The maximum absolute atomic E-state index is 12.8. The molecule has 0 bridgehead atoms. The Labute approximate surface area is 141 Å². The molecule has 3 aromatic rings. The molecule has 0 spiro atoms. The van der Waals surface area contributed by atoms with Crippen LogP contribution in [0.4, 0.5) is 0 Å². The van der Waals surface area contributed by atoms with Crippen LogP contribution >= 0.6 is 15.9 Å². The maximum Gasteiger partial charge on any atom is 0.254 e. The van der Waals surface area contributed by atoms with Gasteiger partial charge in [0.1, 0.15) is 0 Å². The van der Waals surface area contributed by atoms with Crippen LogP contribution in [0.25, 0.3) is 5.69 Å². The van der Waals surface area contributed by atoms with Gasteiger partial charge in [-0.3, -0.25) is 4.79 Å². The summed E-state index contributed by atoms with van der Waals surface area (Å²) in [7, 11) is 0. The molecule has 114 valence electrons. The fraction of sp³-hybridized carbons (Fsp3) is 0.118. The Morgan fingerprint density at radius 2 is 1.91 bits per heavy atom. The second kappa shape index (κ2) is 5.62. The van der Waals surface area contributed by atoms with Crippen LogP contribution in [0.5, 0.6) is 0 Å². The quantitative estimate of drug-likeness (QED) is 0.662. The molecule has 6 heteroatoms. The Balaban J connectivity index is 1.79. The molecule has 1 aliphatic rings. The summed E-state index contributed by atoms with van der Waals surface area (Å²) in [6.07, 6.45) is 1.71. The summed E-state index contributed by atoms with van der Waals surface area (Å²) in [6.45, 7) is 1.01. The summed E-state index contributed by atoms with van der Waals surface area (Å²) in [4.78, 5) is 14.7. The molecule has 4 rings (SSSR count). The molecule has 1 aromatic heterocycles. The van der Waals surface area contributed by atoms with Gasteiger partial charge in [-0.15, -0.1) is 5.10 Å². The SMILES string of the molecule is O=C(c1ccccc1)N1Cc2cc(Br)ccc2-n2nncc2C1. The van der Waals surface area contributed by atoms with Gasteiger partial charge >= 0.3 is 0 Å². The number of benzene rings is 2. The lowest BCUT2D eigenvalue weighted by molar-refractivity contribution is 0.0730. The van der Waals surface area contributed by atoms with E-state index in [1.54, 1.807) is 10.9 Å². The third-order valence-electron chi connectivity index (χ3n) is 3.91. The third-order valence-corrected chi connectivity index (χ3v) is 4.40. The van der Waals surface area contributed by atoms with E-state index in [2.05, 4.69) is 26.2 Å². The number of amides is 1. The molecule has 2 heterocycles. The number of nitrogens with zero attached hydrogens (tertiary/aromatic N) is 4. The fourth-order valence-corrected chi connectivity index (χ4v) is 3.23. The highest BCUT2D eigenvalue weighted by atomic mass is 79.9. The average molecular weight is 369 g/mol. The van der Waals surface area contributed by atoms with Gasteiger partial charge in [0.2, 0.25) is 0 Å². The first-order chi connectivity index (χ1) is 11.2. The Hall–Kier alpha value is -2.47. The maximum atomic E-state index is 12.8. The first-order valence-electron chi connectivity index (χ1n) is 7.25. The van der Waals surface area contributed by atoms with E-state index in [9.17, 15) is 4.79 Å². The minimum Gasteiger partial charge on any atom is -0.328 e. The topological polar surface area (TPSA) is 51.0 Å². The van der Waals surface area contributed by atoms with Crippen LogP contribution in [0, 0.1) is 0 Å². The van der Waals surface area contributed by atoms with E-state index in [4.69, 9.17) is 0 Å². The molecule has 1 aliphatic heterocycles. The summed E-state index contributed by atoms with van der Waals surface area (Å²) in [5, 5.41) is 8.16. The van der Waals surface area contributed by atoms with Gasteiger partial charge in [0.05, 0.1) is 24.1 Å². The molecule has 0 N–H and O–H groups in total. The minimum atomic E-state index is 0.00572. The number of fused-ring (bicyclic) bond motifs is 3. The predicted octanol–water partition coefficient (Wildman–Crippen LogP) is 3.19. The normalized spacial score (nSPS) is 13.2. The van der Waals surface area contributed by atoms with Crippen molar-refractivity contribution in [1.82, 2.24) is 19.9 Å². The Morgan fingerprint density at radius 3 is 2.74 bits per heavy atom. The average Bonchev–Trinajstić information content (AvgIpc) is 2.97. The van der Waals surface area contributed by atoms with Gasteiger partial charge in [0.25, 0.3) is 5.91 Å². The number of rotatable bonds is 1. The van der Waals surface area contributed by atoms with E-state index < -0.39 is 0 Å². The molecule has 0 radical (unpaired) electrons. The summed E-state index contributed by atoms with van der Waals surface area (Å²) in [5.74, 6) is 0.00572. The standard InChI is InChI=1S/C17H13BrN4O/c18-14-6-7-16-13(8-14)10-21(11-15-9-19-20-22(15)16)17(23)12-4-2-1-3-5-12/h1-9H,10-11H2. The van der Waals surface area contributed by atoms with Crippen molar-refractivity contribution >= 4 is 21.8 Å². The van der Waals surface area contributed by atoms with Crippen molar-refractivity contribution in [2.45, 2.75) is 13.1 Å². The van der Waals surface area contributed by atoms with Crippen LogP contribution in [0.15, 0.2) is 59.2 Å². The van der Waals surface area contributed by atoms with Crippen molar-refractivity contribution in [1.29, 1.82) is 0 Å². The molecule has 1 amide bonds. The molecule has 0 aliphatic carbocycles. The van der Waals surface area contributed by atoms with Crippen molar-refractivity contribution in [3.8, 4) is 5.69 Å². The van der Waals surface area contributed by atoms with Gasteiger partial charge in [-0.1, -0.05) is 39.3 Å².